The van der Waals surface area contributed by atoms with Gasteiger partial charge >= 0.3 is 0 Å². The number of allylic oxidation sites excluding steroid dienone is 1. The lowest BCUT2D eigenvalue weighted by Gasteiger charge is -2.46. The van der Waals surface area contributed by atoms with Gasteiger partial charge in [-0.1, -0.05) is 42.5 Å². The third-order valence-electron chi connectivity index (χ3n) is 8.46. The Labute approximate surface area is 214 Å². The SMILES string of the molecule is CC(C)=CCN1C2CCC1CC(N1c3ccccc3Sc3cc(C(=O)N4CCC(C)C4)ccc31)C2. The van der Waals surface area contributed by atoms with Crippen molar-refractivity contribution in [2.75, 3.05) is 24.5 Å². The summed E-state index contributed by atoms with van der Waals surface area (Å²) in [4.78, 5) is 23.2. The lowest BCUT2D eigenvalue weighted by Crippen LogP contribution is -2.49. The van der Waals surface area contributed by atoms with Gasteiger partial charge in [0.1, 0.15) is 0 Å². The fourth-order valence-corrected chi connectivity index (χ4v) is 7.77. The van der Waals surface area contributed by atoms with Crippen LogP contribution in [0.3, 0.4) is 0 Å². The van der Waals surface area contributed by atoms with E-state index in [4.69, 9.17) is 0 Å². The normalized spacial score (nSPS) is 27.5. The standard InChI is InChI=1S/C30H37N3OS/c1-20(2)12-15-32-23-9-10-24(32)18-25(17-23)33-26-6-4-5-7-28(26)35-29-16-22(8-11-27(29)33)30(34)31-14-13-21(3)19-31/h4-8,11-12,16,21,23-25H,9-10,13-15,17-19H2,1-3H3. The Hall–Kier alpha value is -2.24. The molecule has 184 valence electrons. The van der Waals surface area contributed by atoms with Gasteiger partial charge in [0.15, 0.2) is 0 Å². The number of anilines is 2. The number of piperidine rings is 1. The molecule has 0 spiro atoms. The number of carbonyl (C=O) groups excluding carboxylic acids is 1. The van der Waals surface area contributed by atoms with Crippen LogP contribution >= 0.6 is 11.8 Å². The van der Waals surface area contributed by atoms with Crippen LogP contribution in [-0.4, -0.2) is 53.5 Å². The highest BCUT2D eigenvalue weighted by Crippen LogP contribution is 2.52. The second kappa shape index (κ2) is 9.33. The second-order valence-electron chi connectivity index (χ2n) is 11.3. The zero-order valence-corrected chi connectivity index (χ0v) is 22.1. The predicted octanol–water partition coefficient (Wildman–Crippen LogP) is 6.73. The summed E-state index contributed by atoms with van der Waals surface area (Å²) < 4.78 is 0. The molecular formula is C30H37N3OS. The van der Waals surface area contributed by atoms with E-state index >= 15 is 0 Å². The van der Waals surface area contributed by atoms with Crippen LogP contribution in [0.25, 0.3) is 0 Å². The molecule has 6 rings (SSSR count). The number of likely N-dealkylation sites (tertiary alicyclic amines) is 1. The largest absolute Gasteiger partial charge is 0.338 e. The Kier molecular flexibility index (Phi) is 6.18. The molecule has 35 heavy (non-hydrogen) atoms. The number of hydrogen-bond donors (Lipinski definition) is 0. The summed E-state index contributed by atoms with van der Waals surface area (Å²) in [7, 11) is 0. The quantitative estimate of drug-likeness (QED) is 0.447. The lowest BCUT2D eigenvalue weighted by molar-refractivity contribution is 0.0788. The topological polar surface area (TPSA) is 26.8 Å². The van der Waals surface area contributed by atoms with E-state index in [0.717, 1.165) is 31.6 Å². The number of fused-ring (bicyclic) bond motifs is 4. The number of rotatable bonds is 4. The zero-order chi connectivity index (χ0) is 24.1. The van der Waals surface area contributed by atoms with E-state index in [1.807, 2.05) is 16.7 Å². The molecule has 1 amide bonds. The molecular weight excluding hydrogens is 450 g/mol. The van der Waals surface area contributed by atoms with Crippen molar-refractivity contribution in [3.63, 3.8) is 0 Å². The van der Waals surface area contributed by atoms with E-state index < -0.39 is 0 Å². The van der Waals surface area contributed by atoms with Crippen molar-refractivity contribution in [1.82, 2.24) is 9.80 Å². The lowest BCUT2D eigenvalue weighted by atomic mass is 9.94. The molecule has 0 aromatic heterocycles. The van der Waals surface area contributed by atoms with Gasteiger partial charge in [-0.2, -0.15) is 0 Å². The van der Waals surface area contributed by atoms with E-state index in [0.29, 0.717) is 24.0 Å². The molecule has 0 radical (unpaired) electrons. The fraction of sp³-hybridized carbons (Fsp3) is 0.500. The van der Waals surface area contributed by atoms with E-state index in [2.05, 4.69) is 79.1 Å². The Morgan fingerprint density at radius 2 is 1.71 bits per heavy atom. The molecule has 2 bridgehead atoms. The Morgan fingerprint density at radius 1 is 0.971 bits per heavy atom. The summed E-state index contributed by atoms with van der Waals surface area (Å²) in [6.45, 7) is 9.50. The highest BCUT2D eigenvalue weighted by molar-refractivity contribution is 7.99. The molecule has 4 aliphatic heterocycles. The summed E-state index contributed by atoms with van der Waals surface area (Å²) in [5, 5.41) is 0. The van der Waals surface area contributed by atoms with Crippen molar-refractivity contribution in [2.45, 2.75) is 80.8 Å². The third kappa shape index (κ3) is 4.31. The maximum Gasteiger partial charge on any atom is 0.253 e. The van der Waals surface area contributed by atoms with Crippen molar-refractivity contribution in [2.24, 2.45) is 5.92 Å². The molecule has 2 aromatic rings. The number of carbonyl (C=O) groups is 1. The first-order valence-corrected chi connectivity index (χ1v) is 14.2. The van der Waals surface area contributed by atoms with Crippen LogP contribution in [-0.2, 0) is 0 Å². The van der Waals surface area contributed by atoms with Gasteiger partial charge in [0, 0.05) is 53.1 Å². The molecule has 3 atom stereocenters. The molecule has 0 N–H and O–H groups in total. The Bertz CT molecular complexity index is 1140. The monoisotopic (exact) mass is 487 g/mol. The molecule has 3 unspecified atom stereocenters. The maximum atomic E-state index is 13.2. The first-order chi connectivity index (χ1) is 17.0. The highest BCUT2D eigenvalue weighted by atomic mass is 32.2. The molecule has 0 aliphatic carbocycles. The Balaban J connectivity index is 1.31. The summed E-state index contributed by atoms with van der Waals surface area (Å²) in [6, 6.07) is 17.1. The van der Waals surface area contributed by atoms with Crippen LogP contribution in [0.2, 0.25) is 0 Å². The van der Waals surface area contributed by atoms with Crippen molar-refractivity contribution in [3.05, 3.63) is 59.7 Å². The van der Waals surface area contributed by atoms with E-state index in [1.165, 1.54) is 52.4 Å². The van der Waals surface area contributed by atoms with Crippen molar-refractivity contribution < 1.29 is 4.79 Å². The minimum absolute atomic E-state index is 0.189. The fourth-order valence-electron chi connectivity index (χ4n) is 6.66. The molecule has 4 aliphatic rings. The van der Waals surface area contributed by atoms with Gasteiger partial charge in [0.2, 0.25) is 0 Å². The van der Waals surface area contributed by atoms with Crippen molar-refractivity contribution in [3.8, 4) is 0 Å². The first kappa shape index (κ1) is 23.2. The second-order valence-corrected chi connectivity index (χ2v) is 12.3. The number of amides is 1. The van der Waals surface area contributed by atoms with Gasteiger partial charge in [-0.15, -0.1) is 0 Å². The number of para-hydroxylation sites is 1. The first-order valence-electron chi connectivity index (χ1n) is 13.4. The third-order valence-corrected chi connectivity index (χ3v) is 9.57. The van der Waals surface area contributed by atoms with Crippen LogP contribution in [0.1, 0.15) is 63.2 Å². The summed E-state index contributed by atoms with van der Waals surface area (Å²) in [5.74, 6) is 0.792. The molecule has 2 aromatic carbocycles. The average molecular weight is 488 g/mol. The van der Waals surface area contributed by atoms with Gasteiger partial charge in [-0.3, -0.25) is 9.69 Å². The molecule has 3 fully saturated rings. The smallest absolute Gasteiger partial charge is 0.253 e. The number of nitrogens with zero attached hydrogens (tertiary/aromatic N) is 3. The van der Waals surface area contributed by atoms with Crippen LogP contribution in [0.5, 0.6) is 0 Å². The van der Waals surface area contributed by atoms with Crippen LogP contribution in [0.4, 0.5) is 11.4 Å². The van der Waals surface area contributed by atoms with Gasteiger partial charge < -0.3 is 9.80 Å². The molecule has 4 nitrogen and oxygen atoms in total. The molecule has 3 saturated heterocycles. The van der Waals surface area contributed by atoms with Crippen LogP contribution in [0.15, 0.2) is 63.9 Å². The van der Waals surface area contributed by atoms with Crippen LogP contribution < -0.4 is 4.90 Å². The Morgan fingerprint density at radius 3 is 2.43 bits per heavy atom. The van der Waals surface area contributed by atoms with E-state index in [1.54, 1.807) is 0 Å². The van der Waals surface area contributed by atoms with E-state index in [-0.39, 0.29) is 5.91 Å². The zero-order valence-electron chi connectivity index (χ0n) is 21.2. The van der Waals surface area contributed by atoms with Crippen LogP contribution in [0, 0.1) is 5.92 Å². The average Bonchev–Trinajstić information content (AvgIpc) is 3.39. The summed E-state index contributed by atoms with van der Waals surface area (Å²) in [6.07, 6.45) is 8.55. The number of hydrogen-bond acceptors (Lipinski definition) is 4. The molecule has 5 heteroatoms. The summed E-state index contributed by atoms with van der Waals surface area (Å²) in [5.41, 5.74) is 4.86. The minimum Gasteiger partial charge on any atom is -0.338 e. The minimum atomic E-state index is 0.189. The number of benzene rings is 2. The summed E-state index contributed by atoms with van der Waals surface area (Å²) >= 11 is 1.82. The maximum absolute atomic E-state index is 13.2. The van der Waals surface area contributed by atoms with Crippen molar-refractivity contribution in [1.29, 1.82) is 0 Å². The van der Waals surface area contributed by atoms with E-state index in [9.17, 15) is 4.79 Å². The van der Waals surface area contributed by atoms with Gasteiger partial charge in [0.25, 0.3) is 5.91 Å². The highest BCUT2D eigenvalue weighted by Gasteiger charge is 2.43. The van der Waals surface area contributed by atoms with Gasteiger partial charge in [0.05, 0.1) is 11.4 Å². The molecule has 4 heterocycles. The van der Waals surface area contributed by atoms with Gasteiger partial charge in [-0.25, -0.2) is 0 Å². The van der Waals surface area contributed by atoms with Crippen molar-refractivity contribution >= 4 is 29.0 Å². The predicted molar refractivity (Wildman–Crippen MR) is 145 cm³/mol. The molecule has 0 saturated carbocycles. The van der Waals surface area contributed by atoms with Gasteiger partial charge in [-0.05, 0) is 82.2 Å².